The summed E-state index contributed by atoms with van der Waals surface area (Å²) in [6, 6.07) is 0. The van der Waals surface area contributed by atoms with Crippen LogP contribution in [0.2, 0.25) is 0 Å². The minimum Gasteiger partial charge on any atom is -0.469 e. The Labute approximate surface area is 186 Å². The average molecular weight is 417 g/mol. The molecule has 0 aromatic heterocycles. The van der Waals surface area contributed by atoms with E-state index in [4.69, 9.17) is 4.74 Å². The summed E-state index contributed by atoms with van der Waals surface area (Å²) in [5, 5.41) is 0. The van der Waals surface area contributed by atoms with E-state index in [-0.39, 0.29) is 5.97 Å². The van der Waals surface area contributed by atoms with Gasteiger partial charge in [-0.25, -0.2) is 0 Å². The molecule has 0 amide bonds. The van der Waals surface area contributed by atoms with E-state index in [0.29, 0.717) is 23.2 Å². The molecule has 0 aromatic rings. The minimum atomic E-state index is -0.0333. The summed E-state index contributed by atoms with van der Waals surface area (Å²) in [4.78, 5) is 11.7. The van der Waals surface area contributed by atoms with Crippen molar-refractivity contribution in [2.45, 2.75) is 105 Å². The van der Waals surface area contributed by atoms with Crippen molar-refractivity contribution in [3.63, 3.8) is 0 Å². The predicted octanol–water partition coefficient (Wildman–Crippen LogP) is 7.51. The van der Waals surface area contributed by atoms with Gasteiger partial charge >= 0.3 is 5.97 Å². The average Bonchev–Trinajstić information content (AvgIpc) is 3.09. The fourth-order valence-corrected chi connectivity index (χ4v) is 9.69. The van der Waals surface area contributed by atoms with Crippen LogP contribution in [0.1, 0.15) is 105 Å². The number of carbonyl (C=O) groups is 1. The molecule has 0 radical (unpaired) electrons. The number of fused-ring (bicyclic) bond motifs is 5. The maximum atomic E-state index is 11.7. The zero-order valence-corrected chi connectivity index (χ0v) is 20.7. The van der Waals surface area contributed by atoms with Gasteiger partial charge in [0.15, 0.2) is 0 Å². The molecule has 10 atom stereocenters. The standard InChI is InChI=1S/C28H48O2/c1-7-20-17-21-16-18(2)12-14-27(21,4)24-13-15-28(5)22(9-10-23(28)26(20)24)19(3)8-11-25(29)30-6/h18-24,26H,7-17H2,1-6H3. The second kappa shape index (κ2) is 8.43. The van der Waals surface area contributed by atoms with Crippen molar-refractivity contribution in [2.24, 2.45) is 58.2 Å². The molecule has 0 aromatic carbocycles. The summed E-state index contributed by atoms with van der Waals surface area (Å²) >= 11 is 0. The van der Waals surface area contributed by atoms with Crippen LogP contribution in [0, 0.1) is 58.2 Å². The lowest BCUT2D eigenvalue weighted by Crippen LogP contribution is -2.56. The van der Waals surface area contributed by atoms with Crippen LogP contribution in [0.15, 0.2) is 0 Å². The molecule has 172 valence electrons. The van der Waals surface area contributed by atoms with Gasteiger partial charge in [-0.3, -0.25) is 4.79 Å². The maximum absolute atomic E-state index is 11.7. The summed E-state index contributed by atoms with van der Waals surface area (Å²) < 4.78 is 4.92. The molecule has 0 aliphatic heterocycles. The van der Waals surface area contributed by atoms with E-state index >= 15 is 0 Å². The van der Waals surface area contributed by atoms with E-state index in [9.17, 15) is 4.79 Å². The normalized spacial score (nSPS) is 48.9. The molecule has 2 nitrogen and oxygen atoms in total. The largest absolute Gasteiger partial charge is 0.469 e. The van der Waals surface area contributed by atoms with Gasteiger partial charge in [-0.15, -0.1) is 0 Å². The summed E-state index contributed by atoms with van der Waals surface area (Å²) in [7, 11) is 1.52. The lowest BCUT2D eigenvalue weighted by atomic mass is 9.41. The van der Waals surface area contributed by atoms with Crippen molar-refractivity contribution in [3.8, 4) is 0 Å². The zero-order valence-electron chi connectivity index (χ0n) is 20.7. The molecule has 4 saturated carbocycles. The first-order chi connectivity index (χ1) is 14.2. The second-order valence-corrected chi connectivity index (χ2v) is 12.6. The van der Waals surface area contributed by atoms with Crippen LogP contribution in [0.4, 0.5) is 0 Å². The summed E-state index contributed by atoms with van der Waals surface area (Å²) in [6.07, 6.45) is 14.7. The third-order valence-electron chi connectivity index (χ3n) is 11.4. The van der Waals surface area contributed by atoms with Crippen LogP contribution in [-0.2, 0) is 9.53 Å². The number of rotatable bonds is 5. The molecule has 4 aliphatic rings. The Kier molecular flexibility index (Phi) is 6.37. The van der Waals surface area contributed by atoms with Crippen LogP contribution in [0.3, 0.4) is 0 Å². The van der Waals surface area contributed by atoms with Crippen LogP contribution in [-0.4, -0.2) is 13.1 Å². The number of hydrogen-bond donors (Lipinski definition) is 0. The monoisotopic (exact) mass is 416 g/mol. The summed E-state index contributed by atoms with van der Waals surface area (Å²) in [5.74, 6) is 7.12. The van der Waals surface area contributed by atoms with E-state index in [1.54, 1.807) is 0 Å². The number of hydrogen-bond acceptors (Lipinski definition) is 2. The molecule has 0 N–H and O–H groups in total. The predicted molar refractivity (Wildman–Crippen MR) is 124 cm³/mol. The number of carbonyl (C=O) groups excluding carboxylic acids is 1. The lowest BCUT2D eigenvalue weighted by molar-refractivity contribution is -0.147. The fourth-order valence-electron chi connectivity index (χ4n) is 9.69. The van der Waals surface area contributed by atoms with Crippen LogP contribution in [0.5, 0.6) is 0 Å². The van der Waals surface area contributed by atoms with E-state index in [1.807, 2.05) is 0 Å². The molecule has 4 rings (SSSR count). The van der Waals surface area contributed by atoms with E-state index < -0.39 is 0 Å². The molecular weight excluding hydrogens is 368 g/mol. The molecule has 4 aliphatic carbocycles. The maximum Gasteiger partial charge on any atom is 0.305 e. The highest BCUT2D eigenvalue weighted by molar-refractivity contribution is 5.69. The molecule has 0 heterocycles. The van der Waals surface area contributed by atoms with Crippen LogP contribution in [0.25, 0.3) is 0 Å². The molecule has 30 heavy (non-hydrogen) atoms. The zero-order chi connectivity index (χ0) is 21.7. The quantitative estimate of drug-likeness (QED) is 0.433. The Balaban J connectivity index is 1.55. The molecule has 4 fully saturated rings. The van der Waals surface area contributed by atoms with E-state index in [2.05, 4.69) is 34.6 Å². The van der Waals surface area contributed by atoms with Crippen LogP contribution >= 0.6 is 0 Å². The first kappa shape index (κ1) is 22.7. The topological polar surface area (TPSA) is 26.3 Å². The number of ether oxygens (including phenoxy) is 1. The lowest BCUT2D eigenvalue weighted by Gasteiger charge is -2.63. The Morgan fingerprint density at radius 1 is 1.03 bits per heavy atom. The second-order valence-electron chi connectivity index (χ2n) is 12.6. The third-order valence-corrected chi connectivity index (χ3v) is 11.4. The Bertz CT molecular complexity index is 628. The highest BCUT2D eigenvalue weighted by atomic mass is 16.5. The highest BCUT2D eigenvalue weighted by Gasteiger charge is 2.62. The van der Waals surface area contributed by atoms with Crippen molar-refractivity contribution < 1.29 is 9.53 Å². The van der Waals surface area contributed by atoms with Crippen molar-refractivity contribution in [3.05, 3.63) is 0 Å². The smallest absolute Gasteiger partial charge is 0.305 e. The first-order valence-corrected chi connectivity index (χ1v) is 13.3. The molecular formula is C28H48O2. The minimum absolute atomic E-state index is 0.0333. The van der Waals surface area contributed by atoms with Crippen molar-refractivity contribution in [1.82, 2.24) is 0 Å². The number of esters is 1. The Hall–Kier alpha value is -0.530. The van der Waals surface area contributed by atoms with Gasteiger partial charge < -0.3 is 4.74 Å². The van der Waals surface area contributed by atoms with Gasteiger partial charge in [0.25, 0.3) is 0 Å². The van der Waals surface area contributed by atoms with Gasteiger partial charge in [-0.05, 0) is 110 Å². The number of methoxy groups -OCH3 is 1. The van der Waals surface area contributed by atoms with Crippen molar-refractivity contribution in [2.75, 3.05) is 7.11 Å². The highest BCUT2D eigenvalue weighted by Crippen LogP contribution is 2.70. The van der Waals surface area contributed by atoms with Gasteiger partial charge in [0.1, 0.15) is 0 Å². The summed E-state index contributed by atoms with van der Waals surface area (Å²) in [5.41, 5.74) is 1.11. The van der Waals surface area contributed by atoms with Gasteiger partial charge in [-0.2, -0.15) is 0 Å². The fraction of sp³-hybridized carbons (Fsp3) is 0.964. The molecule has 2 heteroatoms. The van der Waals surface area contributed by atoms with E-state index in [1.165, 1.54) is 64.9 Å². The van der Waals surface area contributed by atoms with E-state index in [0.717, 1.165) is 47.8 Å². The third kappa shape index (κ3) is 3.57. The Morgan fingerprint density at radius 2 is 1.73 bits per heavy atom. The van der Waals surface area contributed by atoms with Crippen LogP contribution < -0.4 is 0 Å². The Morgan fingerprint density at radius 3 is 2.43 bits per heavy atom. The molecule has 0 spiro atoms. The van der Waals surface area contributed by atoms with Crippen molar-refractivity contribution >= 4 is 5.97 Å². The molecule has 10 unspecified atom stereocenters. The van der Waals surface area contributed by atoms with Gasteiger partial charge in [-0.1, -0.05) is 47.5 Å². The van der Waals surface area contributed by atoms with Gasteiger partial charge in [0, 0.05) is 6.42 Å². The first-order valence-electron chi connectivity index (χ1n) is 13.3. The van der Waals surface area contributed by atoms with Gasteiger partial charge in [0.2, 0.25) is 0 Å². The van der Waals surface area contributed by atoms with Crippen molar-refractivity contribution in [1.29, 1.82) is 0 Å². The van der Waals surface area contributed by atoms with Gasteiger partial charge in [0.05, 0.1) is 7.11 Å². The molecule has 0 bridgehead atoms. The SMILES string of the molecule is CCC1CC2CC(C)CCC2(C)C2CCC3(C)C(C(C)CCC(=O)OC)CCC3C12. The summed E-state index contributed by atoms with van der Waals surface area (Å²) in [6.45, 7) is 12.8. The molecule has 0 saturated heterocycles.